The highest BCUT2D eigenvalue weighted by Crippen LogP contribution is 2.46. The lowest BCUT2D eigenvalue weighted by molar-refractivity contribution is -0.438. The van der Waals surface area contributed by atoms with Gasteiger partial charge in [0, 0.05) is 24.1 Å². The molecule has 0 radical (unpaired) electrons. The number of carboxylic acids is 1. The molecule has 0 bridgehead atoms. The van der Waals surface area contributed by atoms with Crippen LogP contribution in [0.2, 0.25) is 0 Å². The number of carbonyl (C=O) groups is 1. The molecule has 0 saturated heterocycles. The molecular formula is C36H38NO3+. The van der Waals surface area contributed by atoms with Gasteiger partial charge in [-0.2, -0.15) is 4.58 Å². The van der Waals surface area contributed by atoms with E-state index in [1.807, 2.05) is 6.08 Å². The third-order valence-electron chi connectivity index (χ3n) is 8.97. The molecule has 3 aromatic carbocycles. The van der Waals surface area contributed by atoms with Gasteiger partial charge in [0.2, 0.25) is 11.4 Å². The Balaban J connectivity index is 1.43. The van der Waals surface area contributed by atoms with Crippen LogP contribution in [0.4, 0.5) is 5.69 Å². The van der Waals surface area contributed by atoms with Crippen LogP contribution in [0.5, 0.6) is 0 Å². The predicted molar refractivity (Wildman–Crippen MR) is 162 cm³/mol. The maximum Gasteiger partial charge on any atom is 0.371 e. The lowest BCUT2D eigenvalue weighted by Crippen LogP contribution is -2.34. The summed E-state index contributed by atoms with van der Waals surface area (Å²) in [6.45, 7) is 3.33. The number of hydrogen-bond donors (Lipinski definition) is 1. The molecule has 1 atom stereocenters. The summed E-state index contributed by atoms with van der Waals surface area (Å²) in [5, 5.41) is 11.9. The van der Waals surface area contributed by atoms with Crippen molar-refractivity contribution in [2.45, 2.75) is 63.7 Å². The highest BCUT2D eigenvalue weighted by Gasteiger charge is 2.48. The van der Waals surface area contributed by atoms with Gasteiger partial charge in [0.1, 0.15) is 12.3 Å². The number of unbranched alkanes of at least 4 members (excludes halogenated alkanes) is 1. The van der Waals surface area contributed by atoms with E-state index in [1.165, 1.54) is 77.9 Å². The zero-order valence-corrected chi connectivity index (χ0v) is 23.3. The van der Waals surface area contributed by atoms with E-state index in [4.69, 9.17) is 4.42 Å². The fourth-order valence-electron chi connectivity index (χ4n) is 7.04. The van der Waals surface area contributed by atoms with Gasteiger partial charge in [-0.25, -0.2) is 4.79 Å². The number of nitrogens with zero attached hydrogens (tertiary/aromatic N) is 1. The van der Waals surface area contributed by atoms with Crippen LogP contribution >= 0.6 is 0 Å². The first-order valence-corrected chi connectivity index (χ1v) is 14.8. The Labute approximate surface area is 236 Å². The minimum absolute atomic E-state index is 0.0406. The molecule has 4 heteroatoms. The summed E-state index contributed by atoms with van der Waals surface area (Å²) in [7, 11) is 0. The highest BCUT2D eigenvalue weighted by atomic mass is 16.4. The zero-order valence-electron chi connectivity index (χ0n) is 23.3. The molecular weight excluding hydrogens is 494 g/mol. The minimum Gasteiger partial charge on any atom is -0.475 e. The second-order valence-corrected chi connectivity index (χ2v) is 11.7. The Morgan fingerprint density at radius 3 is 2.50 bits per heavy atom. The van der Waals surface area contributed by atoms with Gasteiger partial charge in [0.15, 0.2) is 5.71 Å². The van der Waals surface area contributed by atoms with Gasteiger partial charge in [-0.1, -0.05) is 86.7 Å². The van der Waals surface area contributed by atoms with Crippen molar-refractivity contribution in [2.24, 2.45) is 5.92 Å². The summed E-state index contributed by atoms with van der Waals surface area (Å²) in [4.78, 5) is 11.4. The molecule has 2 aliphatic rings. The van der Waals surface area contributed by atoms with E-state index in [2.05, 4.69) is 84.3 Å². The number of benzene rings is 3. The summed E-state index contributed by atoms with van der Waals surface area (Å²) in [5.74, 6) is 0.365. The summed E-state index contributed by atoms with van der Waals surface area (Å²) in [5.41, 5.74) is 4.90. The Morgan fingerprint density at radius 2 is 1.73 bits per heavy atom. The molecule has 1 aliphatic heterocycles. The number of furan rings is 1. The number of hydrogen-bond acceptors (Lipinski definition) is 2. The lowest BCUT2D eigenvalue weighted by Gasteiger charge is -2.24. The Bertz CT molecular complexity index is 1570. The molecule has 1 unspecified atom stereocenters. The maximum absolute atomic E-state index is 11.4. The Hall–Kier alpha value is -3.92. The van der Waals surface area contributed by atoms with Crippen molar-refractivity contribution in [3.05, 3.63) is 108 Å². The topological polar surface area (TPSA) is 53.4 Å². The van der Waals surface area contributed by atoms with Crippen LogP contribution in [-0.4, -0.2) is 27.9 Å². The molecule has 4 nitrogen and oxygen atoms in total. The second-order valence-electron chi connectivity index (χ2n) is 11.7. The third kappa shape index (κ3) is 5.15. The number of aromatic carboxylic acids is 1. The monoisotopic (exact) mass is 532 g/mol. The molecule has 6 rings (SSSR count). The fraction of sp³-hybridized carbons (Fsp3) is 0.333. The Morgan fingerprint density at radius 1 is 0.950 bits per heavy atom. The van der Waals surface area contributed by atoms with Crippen LogP contribution in [0.3, 0.4) is 0 Å². The van der Waals surface area contributed by atoms with Crippen molar-refractivity contribution in [3.8, 4) is 0 Å². The molecule has 1 aromatic heterocycles. The average Bonchev–Trinajstić information content (AvgIpc) is 3.70. The molecule has 1 saturated carbocycles. The van der Waals surface area contributed by atoms with E-state index < -0.39 is 5.97 Å². The van der Waals surface area contributed by atoms with Gasteiger partial charge in [-0.3, -0.25) is 0 Å². The molecule has 1 aliphatic carbocycles. The van der Waals surface area contributed by atoms with Crippen LogP contribution in [-0.2, 0) is 11.8 Å². The van der Waals surface area contributed by atoms with Crippen molar-refractivity contribution in [2.75, 3.05) is 6.54 Å². The van der Waals surface area contributed by atoms with Gasteiger partial charge in [0.05, 0.1) is 5.41 Å². The van der Waals surface area contributed by atoms with E-state index in [0.717, 1.165) is 25.3 Å². The van der Waals surface area contributed by atoms with Crippen molar-refractivity contribution in [3.63, 3.8) is 0 Å². The summed E-state index contributed by atoms with van der Waals surface area (Å²) in [6.07, 6.45) is 14.3. The minimum atomic E-state index is -1.05. The first kappa shape index (κ1) is 26.3. The first-order chi connectivity index (χ1) is 19.5. The SMILES string of the molecule is CC1(Cc2ccccc2)C(C=Cc2ccc(C(=O)O)o2)=[N+](CCCCC2CCCC2)c2ccc3ccccc3c21. The number of rotatable bonds is 10. The molecule has 204 valence electrons. The molecule has 1 N–H and O–H groups in total. The smallest absolute Gasteiger partial charge is 0.371 e. The van der Waals surface area contributed by atoms with Crippen LogP contribution < -0.4 is 0 Å². The summed E-state index contributed by atoms with van der Waals surface area (Å²) < 4.78 is 8.14. The summed E-state index contributed by atoms with van der Waals surface area (Å²) >= 11 is 0. The van der Waals surface area contributed by atoms with Gasteiger partial charge in [0.25, 0.3) is 0 Å². The van der Waals surface area contributed by atoms with E-state index in [9.17, 15) is 9.90 Å². The van der Waals surface area contributed by atoms with Gasteiger partial charge < -0.3 is 9.52 Å². The van der Waals surface area contributed by atoms with E-state index >= 15 is 0 Å². The lowest BCUT2D eigenvalue weighted by atomic mass is 9.73. The van der Waals surface area contributed by atoms with Crippen LogP contribution in [0.1, 0.15) is 79.3 Å². The quantitative estimate of drug-likeness (QED) is 0.164. The zero-order chi connectivity index (χ0) is 27.5. The third-order valence-corrected chi connectivity index (χ3v) is 8.97. The predicted octanol–water partition coefficient (Wildman–Crippen LogP) is 8.80. The average molecular weight is 533 g/mol. The number of carboxylic acid groups (broad SMARTS) is 1. The molecule has 40 heavy (non-hydrogen) atoms. The van der Waals surface area contributed by atoms with Crippen LogP contribution in [0.15, 0.2) is 89.4 Å². The van der Waals surface area contributed by atoms with E-state index in [-0.39, 0.29) is 11.2 Å². The van der Waals surface area contributed by atoms with Crippen molar-refractivity contribution in [1.82, 2.24) is 0 Å². The highest BCUT2D eigenvalue weighted by molar-refractivity contribution is 6.09. The van der Waals surface area contributed by atoms with Crippen molar-refractivity contribution in [1.29, 1.82) is 0 Å². The van der Waals surface area contributed by atoms with Gasteiger partial charge in [-0.05, 0) is 66.3 Å². The molecule has 0 spiro atoms. The van der Waals surface area contributed by atoms with Gasteiger partial charge >= 0.3 is 5.97 Å². The maximum atomic E-state index is 11.4. The van der Waals surface area contributed by atoms with Crippen molar-refractivity contribution < 1.29 is 18.9 Å². The van der Waals surface area contributed by atoms with Crippen molar-refractivity contribution >= 4 is 34.2 Å². The summed E-state index contributed by atoms with van der Waals surface area (Å²) in [6, 6.07) is 27.3. The fourth-order valence-corrected chi connectivity index (χ4v) is 7.04. The normalized spacial score (nSPS) is 19.2. The largest absolute Gasteiger partial charge is 0.475 e. The number of allylic oxidation sites excluding steroid dienone is 1. The Kier molecular flexibility index (Phi) is 7.42. The van der Waals surface area contributed by atoms with E-state index in [1.54, 1.807) is 6.07 Å². The van der Waals surface area contributed by atoms with Gasteiger partial charge in [-0.15, -0.1) is 0 Å². The first-order valence-electron chi connectivity index (χ1n) is 14.8. The molecule has 4 aromatic rings. The molecule has 0 amide bonds. The second kappa shape index (κ2) is 11.3. The molecule has 1 fully saturated rings. The van der Waals surface area contributed by atoms with Crippen LogP contribution in [0.25, 0.3) is 16.8 Å². The number of fused-ring (bicyclic) bond motifs is 3. The molecule has 2 heterocycles. The van der Waals surface area contributed by atoms with E-state index in [0.29, 0.717) is 5.76 Å². The van der Waals surface area contributed by atoms with Crippen LogP contribution in [0, 0.1) is 5.92 Å². The standard InChI is InChI=1S/C36H37NO3/c1-36(25-27-14-3-2-4-15-27)33(23-20-29-19-22-32(40-29)35(38)39)37(24-10-9-13-26-11-5-6-12-26)31-21-18-28-16-7-8-17-30(28)34(31)36/h2-4,7-8,14-23,26H,5-6,9-13,24-25H2,1H3/p+1.